The van der Waals surface area contributed by atoms with Crippen molar-refractivity contribution in [2.45, 2.75) is 39.2 Å². The van der Waals surface area contributed by atoms with Crippen LogP contribution < -0.4 is 0 Å². The van der Waals surface area contributed by atoms with Gasteiger partial charge < -0.3 is 4.57 Å². The molecule has 0 bridgehead atoms. The van der Waals surface area contributed by atoms with Gasteiger partial charge in [-0.05, 0) is 55.9 Å². The monoisotopic (exact) mass is 244 g/mol. The van der Waals surface area contributed by atoms with Gasteiger partial charge in [0.05, 0.1) is 12.0 Å². The van der Waals surface area contributed by atoms with Crippen molar-refractivity contribution >= 4 is 0 Å². The third kappa shape index (κ3) is 2.05. The van der Waals surface area contributed by atoms with Crippen LogP contribution in [0.15, 0.2) is 24.5 Å². The number of nitrogens with zero attached hydrogens (tertiary/aromatic N) is 2. The molecular formula is C15H17FN2. The smallest absolute Gasteiger partial charge is 0.123 e. The fraction of sp³-hybridized carbons (Fsp3) is 0.400. The molecular weight excluding hydrogens is 227 g/mol. The number of hydrogen-bond donors (Lipinski definition) is 0. The molecule has 0 saturated carbocycles. The lowest BCUT2D eigenvalue weighted by atomic mass is 10.0. The maximum atomic E-state index is 13.3. The lowest BCUT2D eigenvalue weighted by Crippen LogP contribution is -2.09. The number of hydrogen-bond acceptors (Lipinski definition) is 1. The summed E-state index contributed by atoms with van der Waals surface area (Å²) in [5, 5.41) is 0. The molecule has 0 amide bonds. The molecule has 2 aromatic rings. The lowest BCUT2D eigenvalue weighted by molar-refractivity contribution is 0.613. The summed E-state index contributed by atoms with van der Waals surface area (Å²) in [6, 6.07) is 4.99. The molecule has 0 saturated heterocycles. The molecule has 0 atom stereocenters. The Morgan fingerprint density at radius 1 is 1.28 bits per heavy atom. The van der Waals surface area contributed by atoms with Crippen molar-refractivity contribution in [1.29, 1.82) is 0 Å². The molecule has 2 nitrogen and oxygen atoms in total. The fourth-order valence-corrected chi connectivity index (χ4v) is 2.66. The second-order valence-electron chi connectivity index (χ2n) is 5.04. The van der Waals surface area contributed by atoms with Crippen molar-refractivity contribution in [3.05, 3.63) is 52.9 Å². The number of halogens is 1. The van der Waals surface area contributed by atoms with E-state index in [4.69, 9.17) is 0 Å². The fourth-order valence-electron chi connectivity index (χ4n) is 2.66. The van der Waals surface area contributed by atoms with Crippen LogP contribution in [0.4, 0.5) is 4.39 Å². The van der Waals surface area contributed by atoms with Crippen molar-refractivity contribution in [2.75, 3.05) is 0 Å². The van der Waals surface area contributed by atoms with Crippen LogP contribution >= 0.6 is 0 Å². The van der Waals surface area contributed by atoms with Crippen LogP contribution in [0.25, 0.3) is 0 Å². The average Bonchev–Trinajstić information content (AvgIpc) is 2.78. The van der Waals surface area contributed by atoms with Gasteiger partial charge in [-0.25, -0.2) is 9.37 Å². The van der Waals surface area contributed by atoms with Crippen LogP contribution in [0.1, 0.15) is 35.4 Å². The summed E-state index contributed by atoms with van der Waals surface area (Å²) >= 11 is 0. The summed E-state index contributed by atoms with van der Waals surface area (Å²) < 4.78 is 15.5. The Bertz CT molecular complexity index is 572. The summed E-state index contributed by atoms with van der Waals surface area (Å²) in [6.45, 7) is 2.75. The van der Waals surface area contributed by atoms with Crippen LogP contribution in [-0.2, 0) is 19.4 Å². The second kappa shape index (κ2) is 4.56. The number of benzene rings is 1. The zero-order valence-corrected chi connectivity index (χ0v) is 10.6. The number of imidazole rings is 1. The Morgan fingerprint density at radius 3 is 3.00 bits per heavy atom. The predicted octanol–water partition coefficient (Wildman–Crippen LogP) is 3.26. The van der Waals surface area contributed by atoms with Crippen LogP contribution in [0.5, 0.6) is 0 Å². The molecule has 3 heteroatoms. The average molecular weight is 244 g/mol. The van der Waals surface area contributed by atoms with Gasteiger partial charge >= 0.3 is 0 Å². The van der Waals surface area contributed by atoms with E-state index in [1.807, 2.05) is 19.3 Å². The lowest BCUT2D eigenvalue weighted by Gasteiger charge is -2.15. The van der Waals surface area contributed by atoms with Gasteiger partial charge in [-0.2, -0.15) is 0 Å². The topological polar surface area (TPSA) is 17.8 Å². The summed E-state index contributed by atoms with van der Waals surface area (Å²) in [5.41, 5.74) is 4.75. The summed E-state index contributed by atoms with van der Waals surface area (Å²) in [6.07, 6.45) is 6.57. The minimum Gasteiger partial charge on any atom is -0.330 e. The number of fused-ring (bicyclic) bond motifs is 1. The van der Waals surface area contributed by atoms with E-state index in [2.05, 4.69) is 9.55 Å². The van der Waals surface area contributed by atoms with E-state index in [9.17, 15) is 4.39 Å². The van der Waals surface area contributed by atoms with Gasteiger partial charge in [0, 0.05) is 12.2 Å². The Balaban J connectivity index is 1.92. The van der Waals surface area contributed by atoms with Gasteiger partial charge in [-0.1, -0.05) is 6.07 Å². The van der Waals surface area contributed by atoms with Gasteiger partial charge in [-0.15, -0.1) is 0 Å². The first-order valence-electron chi connectivity index (χ1n) is 6.52. The van der Waals surface area contributed by atoms with Gasteiger partial charge in [0.2, 0.25) is 0 Å². The van der Waals surface area contributed by atoms with Crippen LogP contribution in [0, 0.1) is 12.7 Å². The molecule has 1 aliphatic carbocycles. The van der Waals surface area contributed by atoms with E-state index in [1.165, 1.54) is 30.3 Å². The van der Waals surface area contributed by atoms with Gasteiger partial charge in [0.15, 0.2) is 0 Å². The zero-order valence-electron chi connectivity index (χ0n) is 10.6. The van der Waals surface area contributed by atoms with E-state index >= 15 is 0 Å². The molecule has 0 fully saturated rings. The molecule has 18 heavy (non-hydrogen) atoms. The molecule has 94 valence electrons. The quantitative estimate of drug-likeness (QED) is 0.793. The summed E-state index contributed by atoms with van der Waals surface area (Å²) in [7, 11) is 0. The van der Waals surface area contributed by atoms with E-state index in [1.54, 1.807) is 6.07 Å². The first kappa shape index (κ1) is 11.5. The minimum atomic E-state index is -0.162. The Labute approximate surface area is 106 Å². The highest BCUT2D eigenvalue weighted by atomic mass is 19.1. The highest BCUT2D eigenvalue weighted by Gasteiger charge is 2.15. The van der Waals surface area contributed by atoms with Gasteiger partial charge in [0.1, 0.15) is 5.82 Å². The molecule has 3 rings (SSSR count). The van der Waals surface area contributed by atoms with Crippen molar-refractivity contribution in [3.63, 3.8) is 0 Å². The third-order valence-corrected chi connectivity index (χ3v) is 3.76. The molecule has 1 aromatic heterocycles. The second-order valence-corrected chi connectivity index (χ2v) is 5.04. The summed E-state index contributed by atoms with van der Waals surface area (Å²) in [4.78, 5) is 4.47. The van der Waals surface area contributed by atoms with Gasteiger partial charge in [-0.3, -0.25) is 0 Å². The first-order valence-corrected chi connectivity index (χ1v) is 6.52. The van der Waals surface area contributed by atoms with Crippen molar-refractivity contribution in [3.8, 4) is 0 Å². The standard InChI is InChI=1S/C15H17FN2/c1-11-6-7-13(16)8-12(11)9-18-10-17-14-4-2-3-5-15(14)18/h6-8,10H,2-5,9H2,1H3. The number of aryl methyl sites for hydroxylation is 2. The van der Waals surface area contributed by atoms with Crippen LogP contribution in [0.3, 0.4) is 0 Å². The highest BCUT2D eigenvalue weighted by molar-refractivity contribution is 5.28. The zero-order chi connectivity index (χ0) is 12.5. The van der Waals surface area contributed by atoms with E-state index in [0.717, 1.165) is 30.5 Å². The third-order valence-electron chi connectivity index (χ3n) is 3.76. The molecule has 1 aromatic carbocycles. The van der Waals surface area contributed by atoms with E-state index in [-0.39, 0.29) is 5.82 Å². The maximum absolute atomic E-state index is 13.3. The van der Waals surface area contributed by atoms with E-state index in [0.29, 0.717) is 0 Å². The van der Waals surface area contributed by atoms with Gasteiger partial charge in [0.25, 0.3) is 0 Å². The Morgan fingerprint density at radius 2 is 2.11 bits per heavy atom. The largest absolute Gasteiger partial charge is 0.330 e. The molecule has 0 spiro atoms. The normalized spacial score (nSPS) is 14.6. The molecule has 1 heterocycles. The Kier molecular flexibility index (Phi) is 2.90. The first-order chi connectivity index (χ1) is 8.74. The molecule has 0 radical (unpaired) electrons. The highest BCUT2D eigenvalue weighted by Crippen LogP contribution is 2.21. The predicted molar refractivity (Wildman–Crippen MR) is 69.1 cm³/mol. The molecule has 0 N–H and O–H groups in total. The Hall–Kier alpha value is -1.64. The van der Waals surface area contributed by atoms with Crippen molar-refractivity contribution in [1.82, 2.24) is 9.55 Å². The maximum Gasteiger partial charge on any atom is 0.123 e. The molecule has 0 aliphatic heterocycles. The van der Waals surface area contributed by atoms with Crippen molar-refractivity contribution in [2.24, 2.45) is 0 Å². The number of aromatic nitrogens is 2. The SMILES string of the molecule is Cc1ccc(F)cc1Cn1cnc2c1CCCC2. The van der Waals surface area contributed by atoms with Crippen molar-refractivity contribution < 1.29 is 4.39 Å². The molecule has 1 aliphatic rings. The van der Waals surface area contributed by atoms with Crippen LogP contribution in [-0.4, -0.2) is 9.55 Å². The minimum absolute atomic E-state index is 0.162. The van der Waals surface area contributed by atoms with Crippen LogP contribution in [0.2, 0.25) is 0 Å². The number of rotatable bonds is 2. The molecule has 0 unspecified atom stereocenters. The van der Waals surface area contributed by atoms with E-state index < -0.39 is 0 Å². The summed E-state index contributed by atoms with van der Waals surface area (Å²) in [5.74, 6) is -0.162.